The molecular weight excluding hydrogens is 570 g/mol. The van der Waals surface area contributed by atoms with E-state index in [1.165, 1.54) is 12.1 Å². The minimum atomic E-state index is -3.75. The van der Waals surface area contributed by atoms with Crippen molar-refractivity contribution < 1.29 is 27.5 Å². The number of nitrogens with zero attached hydrogens (tertiary/aromatic N) is 1. The van der Waals surface area contributed by atoms with Gasteiger partial charge in [-0.3, -0.25) is 24.5 Å². The summed E-state index contributed by atoms with van der Waals surface area (Å²) in [6, 6.07) is 18.2. The number of nitrogen functional groups attached to an aromatic ring is 1. The number of esters is 1. The van der Waals surface area contributed by atoms with Crippen molar-refractivity contribution in [2.45, 2.75) is 50.3 Å². The first-order chi connectivity index (χ1) is 20.6. The number of carbonyl (C=O) groups is 3. The summed E-state index contributed by atoms with van der Waals surface area (Å²) in [6.45, 7) is 2.45. The molecule has 1 aliphatic rings. The molecule has 11 nitrogen and oxygen atoms in total. The molecule has 3 aromatic carbocycles. The maximum atomic E-state index is 13.4. The van der Waals surface area contributed by atoms with Gasteiger partial charge in [0.2, 0.25) is 11.8 Å². The molecule has 0 aliphatic carbocycles. The van der Waals surface area contributed by atoms with E-state index in [-0.39, 0.29) is 42.5 Å². The highest BCUT2D eigenvalue weighted by Crippen LogP contribution is 2.31. The summed E-state index contributed by atoms with van der Waals surface area (Å²) in [5, 5.41) is 10.5. The summed E-state index contributed by atoms with van der Waals surface area (Å²) in [5.41, 5.74) is 9.19. The number of sulfonamides is 1. The van der Waals surface area contributed by atoms with Gasteiger partial charge < -0.3 is 20.7 Å². The van der Waals surface area contributed by atoms with Crippen molar-refractivity contribution in [3.05, 3.63) is 83.4 Å². The molecule has 0 atom stereocenters. The third kappa shape index (κ3) is 8.19. The Hall–Kier alpha value is -4.71. The van der Waals surface area contributed by atoms with E-state index in [2.05, 4.69) is 10.0 Å². The molecule has 1 heterocycles. The number of fused-ring (bicyclic) bond motifs is 1. The number of nitrogens with one attached hydrogen (secondary N) is 3. The van der Waals surface area contributed by atoms with Crippen molar-refractivity contribution in [3.63, 3.8) is 0 Å². The van der Waals surface area contributed by atoms with Gasteiger partial charge in [0.05, 0.1) is 17.9 Å². The summed E-state index contributed by atoms with van der Waals surface area (Å²) in [7, 11) is -3.75. The Morgan fingerprint density at radius 1 is 1.00 bits per heavy atom. The monoisotopic (exact) mass is 605 g/mol. The quantitative estimate of drug-likeness (QED) is 0.137. The molecule has 1 aliphatic heterocycles. The van der Waals surface area contributed by atoms with E-state index in [9.17, 15) is 22.8 Å². The first kappa shape index (κ1) is 31.2. The first-order valence-corrected chi connectivity index (χ1v) is 15.5. The fourth-order valence-corrected chi connectivity index (χ4v) is 5.92. The third-order valence-corrected chi connectivity index (χ3v) is 8.37. The Kier molecular flexibility index (Phi) is 10.1. The molecule has 12 heteroatoms. The highest BCUT2D eigenvalue weighted by atomic mass is 32.2. The Labute approximate surface area is 251 Å². The maximum Gasteiger partial charge on any atom is 0.306 e. The van der Waals surface area contributed by atoms with E-state index in [0.29, 0.717) is 41.9 Å². The number of carbonyl (C=O) groups excluding carboxylic acids is 3. The zero-order valence-electron chi connectivity index (χ0n) is 23.9. The fraction of sp³-hybridized carbons (Fsp3) is 0.290. The Bertz CT molecular complexity index is 1620. The van der Waals surface area contributed by atoms with E-state index >= 15 is 0 Å². The molecule has 0 radical (unpaired) electrons. The molecule has 0 unspecified atom stereocenters. The van der Waals surface area contributed by atoms with Gasteiger partial charge in [0.15, 0.2) is 0 Å². The second-order valence-electron chi connectivity index (χ2n) is 10.0. The number of rotatable bonds is 12. The average Bonchev–Trinajstić information content (AvgIpc) is 2.99. The zero-order chi connectivity index (χ0) is 31.0. The normalized spacial score (nSPS) is 12.6. The van der Waals surface area contributed by atoms with Crippen molar-refractivity contribution in [2.75, 3.05) is 28.1 Å². The van der Waals surface area contributed by atoms with Crippen LogP contribution >= 0.6 is 0 Å². The predicted octanol–water partition coefficient (Wildman–Crippen LogP) is 3.97. The fourth-order valence-electron chi connectivity index (χ4n) is 4.85. The number of hydrogen-bond acceptors (Lipinski definition) is 7. The number of anilines is 3. The van der Waals surface area contributed by atoms with E-state index in [1.807, 2.05) is 0 Å². The van der Waals surface area contributed by atoms with Gasteiger partial charge in [-0.05, 0) is 73.7 Å². The Balaban J connectivity index is 1.45. The smallest absolute Gasteiger partial charge is 0.306 e. The molecule has 0 aromatic heterocycles. The van der Waals surface area contributed by atoms with Gasteiger partial charge in [0.25, 0.3) is 10.0 Å². The number of amides is 2. The van der Waals surface area contributed by atoms with Gasteiger partial charge in [-0.25, -0.2) is 8.42 Å². The van der Waals surface area contributed by atoms with Crippen LogP contribution in [0.2, 0.25) is 0 Å². The second-order valence-corrected chi connectivity index (χ2v) is 11.7. The van der Waals surface area contributed by atoms with E-state index in [1.54, 1.807) is 66.4 Å². The maximum absolute atomic E-state index is 13.4. The van der Waals surface area contributed by atoms with Crippen LogP contribution < -0.4 is 20.7 Å². The molecule has 5 N–H and O–H groups in total. The SMILES string of the molecule is CCOC(=O)CCC(=O)Nc1cc(C(=N)N)ccc1CCC(=O)N1CCCc2cc(NS(=O)(=O)c3ccccc3)ccc21. The number of benzene rings is 3. The lowest BCUT2D eigenvalue weighted by Gasteiger charge is -2.30. The van der Waals surface area contributed by atoms with Gasteiger partial charge in [0.1, 0.15) is 5.84 Å². The van der Waals surface area contributed by atoms with Crippen molar-refractivity contribution >= 4 is 50.7 Å². The van der Waals surface area contributed by atoms with Crippen LogP contribution in [0.4, 0.5) is 17.1 Å². The summed E-state index contributed by atoms with van der Waals surface area (Å²) in [4.78, 5) is 39.5. The van der Waals surface area contributed by atoms with Crippen LogP contribution in [0.3, 0.4) is 0 Å². The molecule has 0 bridgehead atoms. The van der Waals surface area contributed by atoms with Crippen LogP contribution in [0.15, 0.2) is 71.6 Å². The lowest BCUT2D eigenvalue weighted by Crippen LogP contribution is -2.35. The summed E-state index contributed by atoms with van der Waals surface area (Å²) >= 11 is 0. The van der Waals surface area contributed by atoms with E-state index in [4.69, 9.17) is 15.9 Å². The number of nitrogens with two attached hydrogens (primary N) is 1. The van der Waals surface area contributed by atoms with Crippen LogP contribution in [0, 0.1) is 5.41 Å². The Morgan fingerprint density at radius 3 is 2.49 bits per heavy atom. The first-order valence-electron chi connectivity index (χ1n) is 14.0. The van der Waals surface area contributed by atoms with Crippen LogP contribution in [-0.2, 0) is 42.0 Å². The highest BCUT2D eigenvalue weighted by molar-refractivity contribution is 7.92. The molecule has 0 spiro atoms. The largest absolute Gasteiger partial charge is 0.466 e. The number of ether oxygens (including phenoxy) is 1. The average molecular weight is 606 g/mol. The van der Waals surface area contributed by atoms with Crippen molar-refractivity contribution in [3.8, 4) is 0 Å². The lowest BCUT2D eigenvalue weighted by molar-refractivity contribution is -0.144. The van der Waals surface area contributed by atoms with Crippen LogP contribution in [-0.4, -0.2) is 45.2 Å². The van der Waals surface area contributed by atoms with E-state index < -0.39 is 21.9 Å². The third-order valence-electron chi connectivity index (χ3n) is 6.97. The van der Waals surface area contributed by atoms with Gasteiger partial charge in [0, 0.05) is 42.0 Å². The van der Waals surface area contributed by atoms with Crippen molar-refractivity contribution in [1.82, 2.24) is 0 Å². The molecule has 4 rings (SSSR count). The van der Waals surface area contributed by atoms with Gasteiger partial charge >= 0.3 is 5.97 Å². The lowest BCUT2D eigenvalue weighted by atomic mass is 9.99. The molecule has 0 fully saturated rings. The molecule has 0 saturated heterocycles. The Morgan fingerprint density at radius 2 is 1.77 bits per heavy atom. The van der Waals surface area contributed by atoms with Crippen molar-refractivity contribution in [1.29, 1.82) is 5.41 Å². The van der Waals surface area contributed by atoms with Crippen molar-refractivity contribution in [2.24, 2.45) is 5.73 Å². The van der Waals surface area contributed by atoms with Gasteiger partial charge in [-0.2, -0.15) is 0 Å². The van der Waals surface area contributed by atoms with E-state index in [0.717, 1.165) is 17.7 Å². The second kappa shape index (κ2) is 14.0. The van der Waals surface area contributed by atoms with Gasteiger partial charge in [-0.15, -0.1) is 0 Å². The van der Waals surface area contributed by atoms with Crippen LogP contribution in [0.1, 0.15) is 49.3 Å². The number of amidine groups is 1. The van der Waals surface area contributed by atoms with Gasteiger partial charge in [-0.1, -0.05) is 30.3 Å². The minimum Gasteiger partial charge on any atom is -0.466 e. The van der Waals surface area contributed by atoms with Crippen LogP contribution in [0.5, 0.6) is 0 Å². The summed E-state index contributed by atoms with van der Waals surface area (Å²) in [6.07, 6.45) is 1.74. The highest BCUT2D eigenvalue weighted by Gasteiger charge is 2.24. The topological polar surface area (TPSA) is 172 Å². The zero-order valence-corrected chi connectivity index (χ0v) is 24.7. The molecule has 0 saturated carbocycles. The molecule has 226 valence electrons. The predicted molar refractivity (Wildman–Crippen MR) is 165 cm³/mol. The molecule has 2 amide bonds. The standard InChI is InChI=1S/C31H35N5O6S/c1-2-42-30(39)17-15-28(37)34-26-20-23(31(32)33)11-10-21(26)12-16-29(38)36-18-6-7-22-19-24(13-14-27(22)36)35-43(40,41)25-8-4-3-5-9-25/h3-5,8-11,13-14,19-20,35H,2,6-7,12,15-18H2,1H3,(H3,32,33)(H,34,37). The number of hydrogen-bond donors (Lipinski definition) is 4. The summed E-state index contributed by atoms with van der Waals surface area (Å²) in [5.74, 6) is -1.15. The minimum absolute atomic E-state index is 0.0658. The number of aryl methyl sites for hydroxylation is 2. The summed E-state index contributed by atoms with van der Waals surface area (Å²) < 4.78 is 33.0. The molecule has 43 heavy (non-hydrogen) atoms. The van der Waals surface area contributed by atoms with Crippen LogP contribution in [0.25, 0.3) is 0 Å². The molecule has 3 aromatic rings. The molecular formula is C31H35N5O6S.